The van der Waals surface area contributed by atoms with Crippen LogP contribution in [0.5, 0.6) is 0 Å². The van der Waals surface area contributed by atoms with Gasteiger partial charge in [0.15, 0.2) is 6.23 Å². The van der Waals surface area contributed by atoms with Gasteiger partial charge < -0.3 is 19.7 Å². The molecular weight excluding hydrogens is 244 g/mol. The molecule has 4 atom stereocenters. The Hall–Kier alpha value is -1.48. The van der Waals surface area contributed by atoms with Crippen LogP contribution in [0.2, 0.25) is 0 Å². The quantitative estimate of drug-likeness (QED) is 0.541. The molecule has 3 N–H and O–H groups in total. The van der Waals surface area contributed by atoms with Gasteiger partial charge >= 0.3 is 5.69 Å². The number of fused-ring (bicyclic) bond motifs is 2. The van der Waals surface area contributed by atoms with Crippen molar-refractivity contribution in [2.24, 2.45) is 0 Å². The van der Waals surface area contributed by atoms with Crippen LogP contribution in [0.1, 0.15) is 6.23 Å². The molecule has 3 heterocycles. The van der Waals surface area contributed by atoms with Gasteiger partial charge in [-0.3, -0.25) is 14.3 Å². The number of aromatic amines is 1. The standard InChI is InChI=1S/C10H12N2O6/c13-3-10-4-17-6(7(10)15)8(18-10)12-2-1-5(14)11-9(12)16/h1-2,6-8,13,15H,3-4H2,(H,11,14,16)/t6-,7+,8-,10?/m1/s1. The second-order valence-electron chi connectivity index (χ2n) is 4.47. The molecule has 0 aliphatic carbocycles. The number of H-pyrrole nitrogens is 1. The van der Waals surface area contributed by atoms with Crippen LogP contribution in [0, 0.1) is 0 Å². The Bertz CT molecular complexity index is 580. The predicted molar refractivity (Wildman–Crippen MR) is 57.0 cm³/mol. The van der Waals surface area contributed by atoms with Gasteiger partial charge in [0, 0.05) is 12.3 Å². The van der Waals surface area contributed by atoms with Crippen molar-refractivity contribution in [1.82, 2.24) is 9.55 Å². The van der Waals surface area contributed by atoms with Gasteiger partial charge in [0.1, 0.15) is 17.8 Å². The molecular formula is C10H12N2O6. The molecule has 2 bridgehead atoms. The molecule has 0 amide bonds. The minimum Gasteiger partial charge on any atom is -0.393 e. The summed E-state index contributed by atoms with van der Waals surface area (Å²) in [6.07, 6.45) is -1.33. The van der Waals surface area contributed by atoms with E-state index in [1.165, 1.54) is 12.3 Å². The van der Waals surface area contributed by atoms with Crippen LogP contribution in [-0.2, 0) is 9.47 Å². The molecule has 3 rings (SSSR count). The van der Waals surface area contributed by atoms with E-state index in [0.29, 0.717) is 0 Å². The van der Waals surface area contributed by atoms with Gasteiger partial charge in [0.05, 0.1) is 13.2 Å². The SMILES string of the molecule is O=c1ccn([C@@H]2OC3(CO)CO[C@@H]2[C@@H]3O)c(=O)[nH]1. The average molecular weight is 256 g/mol. The van der Waals surface area contributed by atoms with Crippen LogP contribution in [0.3, 0.4) is 0 Å². The van der Waals surface area contributed by atoms with E-state index < -0.39 is 41.9 Å². The summed E-state index contributed by atoms with van der Waals surface area (Å²) in [6, 6.07) is 1.18. The van der Waals surface area contributed by atoms with Gasteiger partial charge in [-0.25, -0.2) is 4.79 Å². The summed E-state index contributed by atoms with van der Waals surface area (Å²) in [4.78, 5) is 24.7. The molecule has 8 nitrogen and oxygen atoms in total. The number of hydrogen-bond donors (Lipinski definition) is 3. The molecule has 98 valence electrons. The highest BCUT2D eigenvalue weighted by Gasteiger charge is 2.61. The average Bonchev–Trinajstić information content (AvgIpc) is 2.81. The van der Waals surface area contributed by atoms with Gasteiger partial charge in [-0.1, -0.05) is 0 Å². The molecule has 8 heteroatoms. The molecule has 0 spiro atoms. The van der Waals surface area contributed by atoms with Crippen LogP contribution in [0.25, 0.3) is 0 Å². The third-order valence-corrected chi connectivity index (χ3v) is 3.40. The fraction of sp³-hybridized carbons (Fsp3) is 0.600. The first-order chi connectivity index (χ1) is 8.57. The Morgan fingerprint density at radius 3 is 2.94 bits per heavy atom. The minimum atomic E-state index is -1.19. The number of nitrogens with one attached hydrogen (secondary N) is 1. The van der Waals surface area contributed by atoms with E-state index >= 15 is 0 Å². The van der Waals surface area contributed by atoms with Crippen LogP contribution in [-0.4, -0.2) is 50.8 Å². The van der Waals surface area contributed by atoms with Crippen LogP contribution in [0.4, 0.5) is 0 Å². The topological polar surface area (TPSA) is 114 Å². The largest absolute Gasteiger partial charge is 0.393 e. The Morgan fingerprint density at radius 1 is 1.56 bits per heavy atom. The number of nitrogens with zero attached hydrogens (tertiary/aromatic N) is 1. The summed E-state index contributed by atoms with van der Waals surface area (Å²) >= 11 is 0. The zero-order valence-electron chi connectivity index (χ0n) is 9.28. The first kappa shape index (κ1) is 11.6. The van der Waals surface area contributed by atoms with E-state index in [9.17, 15) is 19.8 Å². The Morgan fingerprint density at radius 2 is 2.33 bits per heavy atom. The third-order valence-electron chi connectivity index (χ3n) is 3.40. The predicted octanol–water partition coefficient (Wildman–Crippen LogP) is -2.44. The van der Waals surface area contributed by atoms with Crippen molar-refractivity contribution in [1.29, 1.82) is 0 Å². The second-order valence-corrected chi connectivity index (χ2v) is 4.47. The summed E-state index contributed by atoms with van der Waals surface area (Å²) in [6.45, 7) is -0.330. The molecule has 0 radical (unpaired) electrons. The van der Waals surface area contributed by atoms with E-state index in [-0.39, 0.29) is 6.61 Å². The van der Waals surface area contributed by atoms with E-state index in [0.717, 1.165) is 4.57 Å². The smallest absolute Gasteiger partial charge is 0.330 e. The molecule has 1 aromatic heterocycles. The van der Waals surface area contributed by atoms with Crippen molar-refractivity contribution in [3.05, 3.63) is 33.1 Å². The highest BCUT2D eigenvalue weighted by Crippen LogP contribution is 2.43. The summed E-state index contributed by atoms with van der Waals surface area (Å²) in [5.74, 6) is 0. The molecule has 0 aromatic carbocycles. The lowest BCUT2D eigenvalue weighted by Crippen LogP contribution is -2.44. The van der Waals surface area contributed by atoms with Crippen molar-refractivity contribution < 1.29 is 19.7 Å². The van der Waals surface area contributed by atoms with Crippen molar-refractivity contribution in [3.63, 3.8) is 0 Å². The Labute approximate surface area is 100 Å². The van der Waals surface area contributed by atoms with Crippen LogP contribution in [0.15, 0.2) is 21.9 Å². The van der Waals surface area contributed by atoms with Crippen molar-refractivity contribution >= 4 is 0 Å². The number of aliphatic hydroxyl groups is 2. The summed E-state index contributed by atoms with van der Waals surface area (Å²) in [5, 5.41) is 19.2. The van der Waals surface area contributed by atoms with Crippen molar-refractivity contribution in [3.8, 4) is 0 Å². The zero-order chi connectivity index (χ0) is 12.9. The fourth-order valence-electron chi connectivity index (χ4n) is 2.38. The van der Waals surface area contributed by atoms with Crippen LogP contribution < -0.4 is 11.2 Å². The van der Waals surface area contributed by atoms with Gasteiger partial charge in [0.2, 0.25) is 0 Å². The molecule has 18 heavy (non-hydrogen) atoms. The maximum absolute atomic E-state index is 11.6. The van der Waals surface area contributed by atoms with Gasteiger partial charge in [-0.2, -0.15) is 0 Å². The summed E-state index contributed by atoms with van der Waals surface area (Å²) < 4.78 is 12.0. The lowest BCUT2D eigenvalue weighted by Gasteiger charge is -2.29. The molecule has 1 aromatic rings. The van der Waals surface area contributed by atoms with Gasteiger partial charge in [-0.15, -0.1) is 0 Å². The number of hydrogen-bond acceptors (Lipinski definition) is 6. The van der Waals surface area contributed by atoms with E-state index in [1.807, 2.05) is 0 Å². The number of aromatic nitrogens is 2. The molecule has 2 saturated heterocycles. The number of ether oxygens (including phenoxy) is 2. The van der Waals surface area contributed by atoms with Crippen molar-refractivity contribution in [2.75, 3.05) is 13.2 Å². The van der Waals surface area contributed by atoms with Crippen LogP contribution >= 0.6 is 0 Å². The molecule has 1 unspecified atom stereocenters. The zero-order valence-corrected chi connectivity index (χ0v) is 9.28. The molecule has 2 aliphatic rings. The third kappa shape index (κ3) is 1.40. The summed E-state index contributed by atoms with van der Waals surface area (Å²) in [5.41, 5.74) is -2.35. The first-order valence-electron chi connectivity index (χ1n) is 5.47. The Kier molecular flexibility index (Phi) is 2.42. The van der Waals surface area contributed by atoms with E-state index in [1.54, 1.807) is 0 Å². The maximum atomic E-state index is 11.6. The number of aliphatic hydroxyl groups excluding tert-OH is 2. The highest BCUT2D eigenvalue weighted by molar-refractivity contribution is 5.07. The first-order valence-corrected chi connectivity index (χ1v) is 5.47. The van der Waals surface area contributed by atoms with Gasteiger partial charge in [0.25, 0.3) is 5.56 Å². The fourth-order valence-corrected chi connectivity index (χ4v) is 2.38. The second kappa shape index (κ2) is 3.75. The summed E-state index contributed by atoms with van der Waals surface area (Å²) in [7, 11) is 0. The molecule has 0 saturated carbocycles. The lowest BCUT2D eigenvalue weighted by atomic mass is 10.0. The molecule has 2 aliphatic heterocycles. The number of rotatable bonds is 2. The van der Waals surface area contributed by atoms with E-state index in [4.69, 9.17) is 9.47 Å². The van der Waals surface area contributed by atoms with E-state index in [2.05, 4.69) is 4.98 Å². The maximum Gasteiger partial charge on any atom is 0.330 e. The van der Waals surface area contributed by atoms with Gasteiger partial charge in [-0.05, 0) is 0 Å². The van der Waals surface area contributed by atoms with Crippen molar-refractivity contribution in [2.45, 2.75) is 24.0 Å². The lowest BCUT2D eigenvalue weighted by molar-refractivity contribution is -0.187. The minimum absolute atomic E-state index is 0.0734. The monoisotopic (exact) mass is 256 g/mol. The normalized spacial score (nSPS) is 38.2. The highest BCUT2D eigenvalue weighted by atomic mass is 16.7. The Balaban J connectivity index is 2.01. The molecule has 2 fully saturated rings.